The average Bonchev–Trinajstić information content (AvgIpc) is 2.92. The number of carbonyl (C=O) groups excluding carboxylic acids is 2. The monoisotopic (exact) mass is 634 g/mol. The Morgan fingerprint density at radius 2 is 1.13 bits per heavy atom. The lowest BCUT2D eigenvalue weighted by Gasteiger charge is -2.09. The van der Waals surface area contributed by atoms with Crippen LogP contribution in [-0.4, -0.2) is 25.2 Å². The van der Waals surface area contributed by atoms with Crippen LogP contribution in [0.3, 0.4) is 0 Å². The molecule has 0 heterocycles. The number of aryl methyl sites for hydroxylation is 2. The van der Waals surface area contributed by atoms with Crippen molar-refractivity contribution in [3.05, 3.63) is 127 Å². The average molecular weight is 637 g/mol. The molecule has 0 aromatic heterocycles. The van der Waals surface area contributed by atoms with Crippen LogP contribution in [-0.2, 0) is 0 Å². The highest BCUT2D eigenvalue weighted by molar-refractivity contribution is 9.10. The minimum Gasteiger partial charge on any atom is -0.496 e. The molecule has 0 amide bonds. The predicted octanol–water partition coefficient (Wildman–Crippen LogP) is 9.37. The Balaban J connectivity index is 0.000000217. The molecule has 4 nitrogen and oxygen atoms in total. The smallest absolute Gasteiger partial charge is 0.253 e. The number of hydrogen-bond donors (Lipinski definition) is 0. The number of carbonyl (C=O) groups is 2. The highest BCUT2D eigenvalue weighted by Crippen LogP contribution is 2.26. The van der Waals surface area contributed by atoms with Gasteiger partial charge in [-0.2, -0.15) is 0 Å². The second-order valence-corrected chi connectivity index (χ2v) is 9.92. The molecule has 0 saturated carbocycles. The largest absolute Gasteiger partial charge is 0.496 e. The van der Waals surface area contributed by atoms with Crippen LogP contribution < -0.4 is 9.47 Å². The highest BCUT2D eigenvalue weighted by atomic mass is 79.9. The van der Waals surface area contributed by atoms with Gasteiger partial charge in [0.05, 0.1) is 39.9 Å². The number of rotatable bonds is 5. The maximum absolute atomic E-state index is 12.4. The number of halogens is 4. The third-order valence-corrected chi connectivity index (χ3v) is 6.63. The standard InChI is InChI=1S/C15H13ClO2.C8H6Cl2O.C7H7BrO/c1-10-7-8-13(16)12(9-10)15(17)11-5-3-4-6-14(11)18-2;1-5-2-3-7(9)6(4-5)8(10)11;1-9-7-5-3-2-4-6(7)8/h3-9H,1-2H3;2-4H,1H3;2-5H,1H3. The lowest BCUT2D eigenvalue weighted by atomic mass is 10.0. The van der Waals surface area contributed by atoms with Crippen LogP contribution in [0.4, 0.5) is 0 Å². The van der Waals surface area contributed by atoms with Crippen LogP contribution in [0.25, 0.3) is 0 Å². The third-order valence-electron chi connectivity index (χ3n) is 5.11. The van der Waals surface area contributed by atoms with Gasteiger partial charge in [-0.15, -0.1) is 0 Å². The molecule has 0 aliphatic heterocycles. The second kappa shape index (κ2) is 15.6. The molecular weight excluding hydrogens is 611 g/mol. The van der Waals surface area contributed by atoms with Gasteiger partial charge in [-0.05, 0) is 89.9 Å². The fraction of sp³-hybridized carbons (Fsp3) is 0.133. The van der Waals surface area contributed by atoms with E-state index in [1.165, 1.54) is 0 Å². The SMILES string of the molecule is COc1ccccc1Br.COc1ccccc1C(=O)c1cc(C)ccc1Cl.Cc1ccc(Cl)c(C(=O)Cl)c1. The first-order chi connectivity index (χ1) is 18.1. The normalized spacial score (nSPS) is 9.79. The van der Waals surface area contributed by atoms with Gasteiger partial charge >= 0.3 is 0 Å². The van der Waals surface area contributed by atoms with Crippen molar-refractivity contribution < 1.29 is 19.1 Å². The van der Waals surface area contributed by atoms with Crippen LogP contribution in [0.5, 0.6) is 11.5 Å². The van der Waals surface area contributed by atoms with E-state index in [0.29, 0.717) is 32.5 Å². The first-order valence-corrected chi connectivity index (χ1v) is 13.2. The lowest BCUT2D eigenvalue weighted by Crippen LogP contribution is -2.04. The molecule has 38 heavy (non-hydrogen) atoms. The van der Waals surface area contributed by atoms with Crippen molar-refractivity contribution in [2.75, 3.05) is 14.2 Å². The maximum Gasteiger partial charge on any atom is 0.253 e. The molecule has 0 fully saturated rings. The Bertz CT molecular complexity index is 1410. The van der Waals surface area contributed by atoms with E-state index in [9.17, 15) is 9.59 Å². The lowest BCUT2D eigenvalue weighted by molar-refractivity contribution is 0.103. The number of ketones is 1. The summed E-state index contributed by atoms with van der Waals surface area (Å²) >= 11 is 20.3. The van der Waals surface area contributed by atoms with Gasteiger partial charge in [0, 0.05) is 5.56 Å². The summed E-state index contributed by atoms with van der Waals surface area (Å²) in [6.07, 6.45) is 0. The molecule has 0 atom stereocenters. The van der Waals surface area contributed by atoms with Crippen molar-refractivity contribution in [3.8, 4) is 11.5 Å². The summed E-state index contributed by atoms with van der Waals surface area (Å²) in [5.41, 5.74) is 3.36. The third kappa shape index (κ3) is 9.17. The van der Waals surface area contributed by atoms with Gasteiger partial charge in [0.15, 0.2) is 5.78 Å². The molecule has 0 spiro atoms. The van der Waals surface area contributed by atoms with Gasteiger partial charge in [-0.3, -0.25) is 9.59 Å². The molecule has 0 saturated heterocycles. The summed E-state index contributed by atoms with van der Waals surface area (Å²) in [4.78, 5) is 23.1. The molecule has 8 heteroatoms. The molecule has 0 unspecified atom stereocenters. The van der Waals surface area contributed by atoms with E-state index in [2.05, 4.69) is 15.9 Å². The summed E-state index contributed by atoms with van der Waals surface area (Å²) < 4.78 is 11.2. The van der Waals surface area contributed by atoms with Crippen molar-refractivity contribution in [1.29, 1.82) is 0 Å². The second-order valence-electron chi connectivity index (χ2n) is 7.90. The zero-order chi connectivity index (χ0) is 28.2. The summed E-state index contributed by atoms with van der Waals surface area (Å²) in [6.45, 7) is 3.80. The van der Waals surface area contributed by atoms with Gasteiger partial charge in [-0.25, -0.2) is 0 Å². The maximum atomic E-state index is 12.4. The number of ether oxygens (including phenoxy) is 2. The minimum absolute atomic E-state index is 0.124. The van der Waals surface area contributed by atoms with Crippen LogP contribution in [0.2, 0.25) is 10.0 Å². The van der Waals surface area contributed by atoms with Crippen LogP contribution in [0.15, 0.2) is 89.4 Å². The Morgan fingerprint density at radius 1 is 0.658 bits per heavy atom. The van der Waals surface area contributed by atoms with Crippen molar-refractivity contribution in [1.82, 2.24) is 0 Å². The van der Waals surface area contributed by atoms with Crippen LogP contribution >= 0.6 is 50.7 Å². The molecule has 4 rings (SSSR count). The van der Waals surface area contributed by atoms with E-state index in [0.717, 1.165) is 21.3 Å². The van der Waals surface area contributed by atoms with Gasteiger partial charge < -0.3 is 9.47 Å². The summed E-state index contributed by atoms with van der Waals surface area (Å²) in [5.74, 6) is 1.30. The molecule has 0 aliphatic rings. The van der Waals surface area contributed by atoms with Crippen LogP contribution in [0.1, 0.15) is 37.4 Å². The highest BCUT2D eigenvalue weighted by Gasteiger charge is 2.16. The van der Waals surface area contributed by atoms with Crippen LogP contribution in [0, 0.1) is 13.8 Å². The van der Waals surface area contributed by atoms with E-state index in [1.807, 2.05) is 56.3 Å². The molecule has 0 N–H and O–H groups in total. The predicted molar refractivity (Wildman–Crippen MR) is 160 cm³/mol. The Hall–Kier alpha value is -2.83. The first-order valence-electron chi connectivity index (χ1n) is 11.3. The Kier molecular flexibility index (Phi) is 12.8. The molecule has 198 valence electrons. The fourth-order valence-electron chi connectivity index (χ4n) is 3.19. The number of methoxy groups -OCH3 is 2. The summed E-state index contributed by atoms with van der Waals surface area (Å²) in [5, 5.41) is 0.339. The number of hydrogen-bond acceptors (Lipinski definition) is 4. The molecule has 4 aromatic rings. The fourth-order valence-corrected chi connectivity index (χ4v) is 4.25. The van der Waals surface area contributed by atoms with E-state index in [4.69, 9.17) is 44.3 Å². The minimum atomic E-state index is -0.515. The Morgan fingerprint density at radius 3 is 1.61 bits per heavy atom. The molecular formula is C30H26BrCl3O4. The topological polar surface area (TPSA) is 52.6 Å². The van der Waals surface area contributed by atoms with Crippen molar-refractivity contribution in [2.45, 2.75) is 13.8 Å². The molecule has 4 aromatic carbocycles. The van der Waals surface area contributed by atoms with Gasteiger partial charge in [0.25, 0.3) is 5.24 Å². The first kappa shape index (κ1) is 31.4. The number of para-hydroxylation sites is 2. The summed E-state index contributed by atoms with van der Waals surface area (Å²) in [6, 6.07) is 25.4. The quantitative estimate of drug-likeness (QED) is 0.162. The van der Waals surface area contributed by atoms with E-state index >= 15 is 0 Å². The zero-order valence-electron chi connectivity index (χ0n) is 21.2. The van der Waals surface area contributed by atoms with Crippen molar-refractivity contribution in [2.24, 2.45) is 0 Å². The van der Waals surface area contributed by atoms with Gasteiger partial charge in [0.2, 0.25) is 0 Å². The van der Waals surface area contributed by atoms with E-state index < -0.39 is 5.24 Å². The molecule has 0 aliphatic carbocycles. The van der Waals surface area contributed by atoms with Gasteiger partial charge in [0.1, 0.15) is 11.5 Å². The van der Waals surface area contributed by atoms with Gasteiger partial charge in [-0.1, -0.05) is 70.7 Å². The molecule has 0 radical (unpaired) electrons. The Labute approximate surface area is 246 Å². The van der Waals surface area contributed by atoms with E-state index in [1.54, 1.807) is 56.7 Å². The van der Waals surface area contributed by atoms with Crippen molar-refractivity contribution in [3.63, 3.8) is 0 Å². The van der Waals surface area contributed by atoms with E-state index in [-0.39, 0.29) is 5.78 Å². The zero-order valence-corrected chi connectivity index (χ0v) is 25.1. The number of benzene rings is 4. The van der Waals surface area contributed by atoms with Crippen molar-refractivity contribution >= 4 is 61.8 Å². The summed E-state index contributed by atoms with van der Waals surface area (Å²) in [7, 11) is 3.20. The molecule has 0 bridgehead atoms.